The minimum absolute atomic E-state index is 0.0829. The maximum atomic E-state index is 12.8. The van der Waals surface area contributed by atoms with E-state index in [0.717, 1.165) is 122 Å². The van der Waals surface area contributed by atoms with Crippen LogP contribution in [0.15, 0.2) is 97.2 Å². The quantitative estimate of drug-likeness (QED) is 0.0261. The van der Waals surface area contributed by atoms with Gasteiger partial charge in [-0.1, -0.05) is 291 Å². The molecule has 0 bridgehead atoms. The number of unbranched alkanes of at least 4 members (excludes halogenated alkanes) is 29. The minimum atomic E-state index is -0.784. The van der Waals surface area contributed by atoms with Gasteiger partial charge in [-0.15, -0.1) is 0 Å². The average molecular weight is 1030 g/mol. The Hall–Kier alpha value is -3.67. The minimum Gasteiger partial charge on any atom is -0.462 e. The largest absolute Gasteiger partial charge is 0.462 e. The first-order valence-electron chi connectivity index (χ1n) is 31.2. The average Bonchev–Trinajstić information content (AvgIpc) is 3.40. The Morgan fingerprint density at radius 1 is 0.284 bits per heavy atom. The molecule has 74 heavy (non-hydrogen) atoms. The fourth-order valence-electron chi connectivity index (χ4n) is 8.69. The van der Waals surface area contributed by atoms with Crippen molar-refractivity contribution in [3.63, 3.8) is 0 Å². The molecule has 0 aliphatic rings. The summed E-state index contributed by atoms with van der Waals surface area (Å²) in [5.74, 6) is -0.906. The van der Waals surface area contributed by atoms with Gasteiger partial charge in [0.1, 0.15) is 13.2 Å². The summed E-state index contributed by atoms with van der Waals surface area (Å²) < 4.78 is 16.8. The van der Waals surface area contributed by atoms with Crippen LogP contribution in [-0.2, 0) is 28.6 Å². The Morgan fingerprint density at radius 2 is 0.527 bits per heavy atom. The topological polar surface area (TPSA) is 78.9 Å². The Labute approximate surface area is 457 Å². The zero-order chi connectivity index (χ0) is 53.6. The van der Waals surface area contributed by atoms with Crippen molar-refractivity contribution in [2.24, 2.45) is 0 Å². The highest BCUT2D eigenvalue weighted by Crippen LogP contribution is 2.16. The molecule has 424 valence electrons. The molecule has 0 aromatic carbocycles. The summed E-state index contributed by atoms with van der Waals surface area (Å²) >= 11 is 0. The van der Waals surface area contributed by atoms with Crippen LogP contribution in [-0.4, -0.2) is 37.2 Å². The number of hydrogen-bond acceptors (Lipinski definition) is 6. The van der Waals surface area contributed by atoms with Crippen LogP contribution in [0.4, 0.5) is 0 Å². The van der Waals surface area contributed by atoms with Crippen molar-refractivity contribution in [2.75, 3.05) is 13.2 Å². The molecular weight excluding hydrogens is 913 g/mol. The number of hydrogen-bond donors (Lipinski definition) is 0. The summed E-state index contributed by atoms with van der Waals surface area (Å²) in [6.45, 7) is 6.49. The number of carbonyl (C=O) groups is 3. The zero-order valence-electron chi connectivity index (χ0n) is 48.6. The van der Waals surface area contributed by atoms with Gasteiger partial charge in [-0.2, -0.15) is 0 Å². The second-order valence-corrected chi connectivity index (χ2v) is 20.6. The highest BCUT2D eigenvalue weighted by atomic mass is 16.6. The molecule has 0 spiro atoms. The molecule has 0 N–H and O–H groups in total. The van der Waals surface area contributed by atoms with Crippen LogP contribution in [0.25, 0.3) is 0 Å². The molecule has 0 aliphatic heterocycles. The van der Waals surface area contributed by atoms with E-state index in [4.69, 9.17) is 14.2 Å². The first-order chi connectivity index (χ1) is 36.5. The second-order valence-electron chi connectivity index (χ2n) is 20.6. The molecule has 0 amide bonds. The standard InChI is InChI=1S/C68H116O6/c1-4-7-10-13-16-18-20-22-24-26-28-30-31-32-33-34-35-36-37-38-40-41-43-45-47-49-52-55-58-61-67(70)73-64-65(63-72-66(69)60-57-54-51-15-12-9-6-3)74-68(71)62-59-56-53-50-48-46-44-42-39-29-27-25-23-21-19-17-14-11-8-5-2/h7,10,16,18,22,24,28,30,32-33,35-36,38,40,43,45,65H,4-6,8-9,11-15,17,19-21,23,25-27,29,31,34,37,39,41-42,44,46-64H2,1-3H3/b10-7-,18-16-,24-22-,30-28-,33-32-,36-35-,40-38-,45-43-. The van der Waals surface area contributed by atoms with Crippen LogP contribution in [0.1, 0.15) is 297 Å². The lowest BCUT2D eigenvalue weighted by atomic mass is 10.0. The lowest BCUT2D eigenvalue weighted by Gasteiger charge is -2.18. The van der Waals surface area contributed by atoms with Crippen LogP contribution in [0.3, 0.4) is 0 Å². The van der Waals surface area contributed by atoms with E-state index in [2.05, 4.69) is 118 Å². The molecule has 1 atom stereocenters. The Morgan fingerprint density at radius 3 is 0.824 bits per heavy atom. The van der Waals surface area contributed by atoms with E-state index in [1.807, 2.05) is 0 Å². The Balaban J connectivity index is 4.21. The van der Waals surface area contributed by atoms with Gasteiger partial charge in [0.15, 0.2) is 6.10 Å². The summed E-state index contributed by atoms with van der Waals surface area (Å²) in [6, 6.07) is 0. The third kappa shape index (κ3) is 59.2. The SMILES string of the molecule is CC/C=C\C/C=C\C/C=C\C/C=C\C/C=C\C/C=C\C/C=C\C/C=C\CCCCCCC(=O)OCC(COC(=O)CCCCCCCCC)OC(=O)CCCCCCCCCCCCCCCCCCCCCC. The van der Waals surface area contributed by atoms with Gasteiger partial charge in [0.25, 0.3) is 0 Å². The molecule has 0 aromatic rings. The molecule has 6 heteroatoms. The summed E-state index contributed by atoms with van der Waals surface area (Å²) in [6.07, 6.45) is 82.9. The molecular formula is C68H116O6. The number of rotatable bonds is 56. The van der Waals surface area contributed by atoms with Crippen LogP contribution >= 0.6 is 0 Å². The van der Waals surface area contributed by atoms with Crippen LogP contribution in [0.5, 0.6) is 0 Å². The first-order valence-corrected chi connectivity index (χ1v) is 31.2. The number of esters is 3. The smallest absolute Gasteiger partial charge is 0.306 e. The van der Waals surface area contributed by atoms with Gasteiger partial charge >= 0.3 is 17.9 Å². The zero-order valence-corrected chi connectivity index (χ0v) is 48.6. The van der Waals surface area contributed by atoms with Crippen molar-refractivity contribution < 1.29 is 28.6 Å². The molecule has 0 fully saturated rings. The molecule has 0 saturated heterocycles. The van der Waals surface area contributed by atoms with E-state index in [1.54, 1.807) is 0 Å². The van der Waals surface area contributed by atoms with Gasteiger partial charge in [-0.05, 0) is 83.5 Å². The van der Waals surface area contributed by atoms with Crippen molar-refractivity contribution >= 4 is 17.9 Å². The van der Waals surface area contributed by atoms with E-state index in [0.29, 0.717) is 19.3 Å². The summed E-state index contributed by atoms with van der Waals surface area (Å²) in [5.41, 5.74) is 0. The summed E-state index contributed by atoms with van der Waals surface area (Å²) in [4.78, 5) is 38.0. The van der Waals surface area contributed by atoms with E-state index in [9.17, 15) is 14.4 Å². The van der Waals surface area contributed by atoms with E-state index < -0.39 is 6.10 Å². The predicted molar refractivity (Wildman–Crippen MR) is 320 cm³/mol. The Bertz CT molecular complexity index is 1460. The van der Waals surface area contributed by atoms with Gasteiger partial charge in [-0.3, -0.25) is 14.4 Å². The van der Waals surface area contributed by atoms with Gasteiger partial charge in [0, 0.05) is 19.3 Å². The normalized spacial score (nSPS) is 12.7. The second kappa shape index (κ2) is 61.9. The van der Waals surface area contributed by atoms with Gasteiger partial charge in [0.2, 0.25) is 0 Å². The van der Waals surface area contributed by atoms with Crippen LogP contribution in [0.2, 0.25) is 0 Å². The molecule has 0 heterocycles. The maximum Gasteiger partial charge on any atom is 0.306 e. The lowest BCUT2D eigenvalue weighted by molar-refractivity contribution is -0.167. The molecule has 1 unspecified atom stereocenters. The molecule has 0 aromatic heterocycles. The van der Waals surface area contributed by atoms with Gasteiger partial charge in [-0.25, -0.2) is 0 Å². The van der Waals surface area contributed by atoms with E-state index in [-0.39, 0.29) is 31.1 Å². The first kappa shape index (κ1) is 70.3. The third-order valence-corrected chi connectivity index (χ3v) is 13.4. The molecule has 0 rings (SSSR count). The van der Waals surface area contributed by atoms with Gasteiger partial charge in [0.05, 0.1) is 0 Å². The highest BCUT2D eigenvalue weighted by Gasteiger charge is 2.19. The number of ether oxygens (including phenoxy) is 3. The Kier molecular flexibility index (Phi) is 58.8. The van der Waals surface area contributed by atoms with Crippen LogP contribution in [0, 0.1) is 0 Å². The predicted octanol–water partition coefficient (Wildman–Crippen LogP) is 21.3. The van der Waals surface area contributed by atoms with Crippen molar-refractivity contribution in [2.45, 2.75) is 303 Å². The number of allylic oxidation sites excluding steroid dienone is 16. The van der Waals surface area contributed by atoms with Crippen molar-refractivity contribution in [3.8, 4) is 0 Å². The molecule has 0 radical (unpaired) electrons. The number of carbonyl (C=O) groups excluding carboxylic acids is 3. The summed E-state index contributed by atoms with van der Waals surface area (Å²) in [5, 5.41) is 0. The van der Waals surface area contributed by atoms with Crippen molar-refractivity contribution in [1.29, 1.82) is 0 Å². The maximum absolute atomic E-state index is 12.8. The highest BCUT2D eigenvalue weighted by molar-refractivity contribution is 5.71. The molecule has 6 nitrogen and oxygen atoms in total. The van der Waals surface area contributed by atoms with Crippen LogP contribution < -0.4 is 0 Å². The fraction of sp³-hybridized carbons (Fsp3) is 0.721. The van der Waals surface area contributed by atoms with Crippen molar-refractivity contribution in [3.05, 3.63) is 97.2 Å². The molecule has 0 aliphatic carbocycles. The lowest BCUT2D eigenvalue weighted by Crippen LogP contribution is -2.30. The van der Waals surface area contributed by atoms with Gasteiger partial charge < -0.3 is 14.2 Å². The van der Waals surface area contributed by atoms with Crippen molar-refractivity contribution in [1.82, 2.24) is 0 Å². The fourth-order valence-corrected chi connectivity index (χ4v) is 8.69. The summed E-state index contributed by atoms with van der Waals surface area (Å²) in [7, 11) is 0. The van der Waals surface area contributed by atoms with E-state index >= 15 is 0 Å². The molecule has 0 saturated carbocycles. The third-order valence-electron chi connectivity index (χ3n) is 13.4. The van der Waals surface area contributed by atoms with E-state index in [1.165, 1.54) is 135 Å². The monoisotopic (exact) mass is 1030 g/mol.